The Hall–Kier alpha value is -2.05. The van der Waals surface area contributed by atoms with Crippen LogP contribution in [-0.4, -0.2) is 26.5 Å². The highest BCUT2D eigenvalue weighted by Gasteiger charge is 2.34. The molecule has 7 heteroatoms. The van der Waals surface area contributed by atoms with Gasteiger partial charge in [-0.05, 0) is 42.2 Å². The van der Waals surface area contributed by atoms with E-state index in [0.717, 1.165) is 36.8 Å². The first-order valence-electron chi connectivity index (χ1n) is 9.41. The minimum atomic E-state index is -3.69. The highest BCUT2D eigenvalue weighted by Crippen LogP contribution is 2.44. The van der Waals surface area contributed by atoms with Crippen LogP contribution in [0.2, 0.25) is 5.02 Å². The van der Waals surface area contributed by atoms with Gasteiger partial charge < -0.3 is 5.11 Å². The van der Waals surface area contributed by atoms with Crippen LogP contribution in [-0.2, 0) is 14.8 Å². The first-order valence-corrected chi connectivity index (χ1v) is 11.2. The molecule has 1 heterocycles. The van der Waals surface area contributed by atoms with Crippen LogP contribution in [0.5, 0.6) is 0 Å². The largest absolute Gasteiger partial charge is 0.481 e. The molecule has 1 atom stereocenters. The molecule has 1 aliphatic rings. The van der Waals surface area contributed by atoms with Crippen molar-refractivity contribution in [2.24, 2.45) is 0 Å². The van der Waals surface area contributed by atoms with Crippen molar-refractivity contribution in [3.8, 4) is 0 Å². The van der Waals surface area contributed by atoms with E-state index in [4.69, 9.17) is 16.7 Å². The maximum absolute atomic E-state index is 13.2. The van der Waals surface area contributed by atoms with Gasteiger partial charge in [0, 0.05) is 24.4 Å². The number of nitrogens with zero attached hydrogens (tertiary/aromatic N) is 1. The van der Waals surface area contributed by atoms with E-state index in [-0.39, 0.29) is 17.2 Å². The SMILES string of the molecule is CN1c2ccccc2C(CCCCCCC(=O)O)c2ccc(Cl)cc2S1(=O)=O. The molecule has 0 saturated carbocycles. The zero-order chi connectivity index (χ0) is 20.3. The molecule has 0 aliphatic carbocycles. The number of rotatable bonds is 7. The third-order valence-corrected chi connectivity index (χ3v) is 7.34. The summed E-state index contributed by atoms with van der Waals surface area (Å²) in [7, 11) is -2.11. The summed E-state index contributed by atoms with van der Waals surface area (Å²) in [4.78, 5) is 10.9. The molecule has 0 bridgehead atoms. The number of sulfonamides is 1. The molecule has 0 aromatic heterocycles. The number of halogens is 1. The Bertz CT molecular complexity index is 974. The number of carbonyl (C=O) groups is 1. The third kappa shape index (κ3) is 4.18. The molecule has 1 unspecified atom stereocenters. The fourth-order valence-corrected chi connectivity index (χ4v) is 5.56. The number of unbranched alkanes of at least 4 members (excludes halogenated alkanes) is 3. The van der Waals surface area contributed by atoms with Crippen LogP contribution < -0.4 is 4.31 Å². The standard InChI is InChI=1S/C21H24ClNO4S/c1-23-19-10-7-6-9-17(19)16(8-4-2-3-5-11-21(24)25)18-13-12-15(22)14-20(18)28(23,26)27/h6-7,9-10,12-14,16H,2-5,8,11H2,1H3,(H,24,25). The van der Waals surface area contributed by atoms with Crippen molar-refractivity contribution in [1.82, 2.24) is 0 Å². The van der Waals surface area contributed by atoms with E-state index in [1.165, 1.54) is 10.4 Å². The van der Waals surface area contributed by atoms with Gasteiger partial charge in [-0.15, -0.1) is 0 Å². The molecular formula is C21H24ClNO4S. The maximum Gasteiger partial charge on any atom is 0.303 e. The summed E-state index contributed by atoms with van der Waals surface area (Å²) in [6.07, 6.45) is 4.31. The number of para-hydroxylation sites is 1. The number of aliphatic carboxylic acids is 1. The van der Waals surface area contributed by atoms with Crippen molar-refractivity contribution >= 4 is 33.3 Å². The molecule has 3 rings (SSSR count). The van der Waals surface area contributed by atoms with Gasteiger partial charge in [-0.25, -0.2) is 8.42 Å². The van der Waals surface area contributed by atoms with Crippen LogP contribution >= 0.6 is 11.6 Å². The molecular weight excluding hydrogens is 398 g/mol. The van der Waals surface area contributed by atoms with Gasteiger partial charge >= 0.3 is 5.97 Å². The Morgan fingerprint density at radius 1 is 1.07 bits per heavy atom. The summed E-state index contributed by atoms with van der Waals surface area (Å²) in [5.41, 5.74) is 2.44. The fourth-order valence-electron chi connectivity index (χ4n) is 3.82. The first-order chi connectivity index (χ1) is 13.3. The first kappa shape index (κ1) is 20.7. The minimum absolute atomic E-state index is 0.0531. The Morgan fingerprint density at radius 3 is 2.54 bits per heavy atom. The number of hydrogen-bond donors (Lipinski definition) is 1. The van der Waals surface area contributed by atoms with Crippen LogP contribution in [0.15, 0.2) is 47.4 Å². The molecule has 2 aromatic carbocycles. The normalized spacial score (nSPS) is 17.5. The van der Waals surface area contributed by atoms with E-state index in [1.807, 2.05) is 30.3 Å². The third-order valence-electron chi connectivity index (χ3n) is 5.27. The van der Waals surface area contributed by atoms with E-state index in [1.54, 1.807) is 13.1 Å². The second kappa shape index (κ2) is 8.53. The second-order valence-electron chi connectivity index (χ2n) is 7.11. The van der Waals surface area contributed by atoms with Crippen molar-refractivity contribution < 1.29 is 18.3 Å². The molecule has 1 aliphatic heterocycles. The molecule has 0 radical (unpaired) electrons. The molecule has 2 aromatic rings. The van der Waals surface area contributed by atoms with Gasteiger partial charge in [0.05, 0.1) is 10.6 Å². The van der Waals surface area contributed by atoms with Gasteiger partial charge in [-0.3, -0.25) is 9.10 Å². The van der Waals surface area contributed by atoms with Gasteiger partial charge in [0.15, 0.2) is 0 Å². The van der Waals surface area contributed by atoms with Gasteiger partial charge in [0.1, 0.15) is 0 Å². The van der Waals surface area contributed by atoms with Gasteiger partial charge in [-0.2, -0.15) is 0 Å². The maximum atomic E-state index is 13.2. The predicted molar refractivity (Wildman–Crippen MR) is 111 cm³/mol. The van der Waals surface area contributed by atoms with E-state index in [0.29, 0.717) is 17.1 Å². The van der Waals surface area contributed by atoms with E-state index in [9.17, 15) is 13.2 Å². The lowest BCUT2D eigenvalue weighted by Crippen LogP contribution is -2.26. The molecule has 1 N–H and O–H groups in total. The number of carboxylic acids is 1. The molecule has 28 heavy (non-hydrogen) atoms. The number of carboxylic acid groups (broad SMARTS) is 1. The summed E-state index contributed by atoms with van der Waals surface area (Å²) in [6.45, 7) is 0. The minimum Gasteiger partial charge on any atom is -0.481 e. The van der Waals surface area contributed by atoms with E-state index < -0.39 is 16.0 Å². The number of anilines is 1. The lowest BCUT2D eigenvalue weighted by molar-refractivity contribution is -0.137. The van der Waals surface area contributed by atoms with Crippen LogP contribution in [0.4, 0.5) is 5.69 Å². The average molecular weight is 422 g/mol. The zero-order valence-corrected chi connectivity index (χ0v) is 17.3. The lowest BCUT2D eigenvalue weighted by Gasteiger charge is -2.21. The average Bonchev–Trinajstić information content (AvgIpc) is 2.72. The van der Waals surface area contributed by atoms with Crippen LogP contribution in [0.25, 0.3) is 0 Å². The topological polar surface area (TPSA) is 74.7 Å². The fraction of sp³-hybridized carbons (Fsp3) is 0.381. The van der Waals surface area contributed by atoms with Crippen LogP contribution in [0.3, 0.4) is 0 Å². The monoisotopic (exact) mass is 421 g/mol. The smallest absolute Gasteiger partial charge is 0.303 e. The lowest BCUT2D eigenvalue weighted by atomic mass is 9.85. The Kier molecular flexibility index (Phi) is 6.30. The van der Waals surface area contributed by atoms with Gasteiger partial charge in [0.25, 0.3) is 10.0 Å². The quantitative estimate of drug-likeness (QED) is 0.636. The Labute approximate surface area is 171 Å². The van der Waals surface area contributed by atoms with Crippen molar-refractivity contribution in [2.45, 2.75) is 49.3 Å². The molecule has 0 spiro atoms. The molecule has 150 valence electrons. The molecule has 0 amide bonds. The molecule has 0 fully saturated rings. The van der Waals surface area contributed by atoms with Crippen molar-refractivity contribution in [3.63, 3.8) is 0 Å². The van der Waals surface area contributed by atoms with Crippen molar-refractivity contribution in [3.05, 3.63) is 58.6 Å². The Morgan fingerprint density at radius 2 is 1.79 bits per heavy atom. The molecule has 5 nitrogen and oxygen atoms in total. The van der Waals surface area contributed by atoms with E-state index in [2.05, 4.69) is 0 Å². The van der Waals surface area contributed by atoms with Gasteiger partial charge in [0.2, 0.25) is 0 Å². The Balaban J connectivity index is 1.93. The zero-order valence-electron chi connectivity index (χ0n) is 15.8. The summed E-state index contributed by atoms with van der Waals surface area (Å²) >= 11 is 6.12. The summed E-state index contributed by atoms with van der Waals surface area (Å²) in [5, 5.41) is 9.14. The highest BCUT2D eigenvalue weighted by atomic mass is 35.5. The van der Waals surface area contributed by atoms with Crippen molar-refractivity contribution in [1.29, 1.82) is 0 Å². The summed E-state index contributed by atoms with van der Waals surface area (Å²) < 4.78 is 27.7. The summed E-state index contributed by atoms with van der Waals surface area (Å²) in [5.74, 6) is -0.820. The van der Waals surface area contributed by atoms with Crippen molar-refractivity contribution in [2.75, 3.05) is 11.4 Å². The summed E-state index contributed by atoms with van der Waals surface area (Å²) in [6, 6.07) is 12.7. The van der Waals surface area contributed by atoms with Gasteiger partial charge in [-0.1, -0.05) is 55.1 Å². The second-order valence-corrected chi connectivity index (χ2v) is 9.49. The highest BCUT2D eigenvalue weighted by molar-refractivity contribution is 7.92. The van der Waals surface area contributed by atoms with Crippen LogP contribution in [0.1, 0.15) is 55.6 Å². The number of fused-ring (bicyclic) bond motifs is 2. The number of benzene rings is 2. The van der Waals surface area contributed by atoms with Crippen LogP contribution in [0, 0.1) is 0 Å². The number of hydrogen-bond acceptors (Lipinski definition) is 3. The predicted octanol–water partition coefficient (Wildman–Crippen LogP) is 5.04. The molecule has 0 saturated heterocycles. The van der Waals surface area contributed by atoms with E-state index >= 15 is 0 Å².